The topological polar surface area (TPSA) is 38.0 Å². The summed E-state index contributed by atoms with van der Waals surface area (Å²) in [6, 6.07) is 4.33. The van der Waals surface area contributed by atoms with Crippen molar-refractivity contribution in [1.82, 2.24) is 5.43 Å². The van der Waals surface area contributed by atoms with Crippen LogP contribution in [0.1, 0.15) is 30.7 Å². The molecular weight excluding hydrogens is 260 g/mol. The van der Waals surface area contributed by atoms with E-state index >= 15 is 0 Å². The summed E-state index contributed by atoms with van der Waals surface area (Å²) < 4.78 is 1.13. The van der Waals surface area contributed by atoms with Crippen LogP contribution in [0.2, 0.25) is 0 Å². The molecule has 0 aromatic carbocycles. The van der Waals surface area contributed by atoms with Crippen LogP contribution in [0, 0.1) is 11.8 Å². The third-order valence-corrected chi connectivity index (χ3v) is 3.61. The van der Waals surface area contributed by atoms with E-state index < -0.39 is 0 Å². The highest BCUT2D eigenvalue weighted by Gasteiger charge is 2.10. The van der Waals surface area contributed by atoms with E-state index in [2.05, 4.69) is 39.3 Å². The van der Waals surface area contributed by atoms with Gasteiger partial charge in [-0.15, -0.1) is 23.2 Å². The number of hydrogen-bond donors (Lipinski definition) is 2. The van der Waals surface area contributed by atoms with E-state index in [1.165, 1.54) is 4.88 Å². The molecule has 3 N–H and O–H groups in total. The number of rotatable bonds is 4. The highest BCUT2D eigenvalue weighted by Crippen LogP contribution is 2.28. The maximum atomic E-state index is 5.49. The number of thiophene rings is 1. The zero-order chi connectivity index (χ0) is 10.4. The molecule has 1 aromatic rings. The summed E-state index contributed by atoms with van der Waals surface area (Å²) in [6.07, 6.45) is 1.82. The molecule has 0 fully saturated rings. The molecule has 0 saturated carbocycles. The lowest BCUT2D eigenvalue weighted by Gasteiger charge is -2.11. The quantitative estimate of drug-likeness (QED) is 0.503. The molecule has 14 heavy (non-hydrogen) atoms. The molecule has 0 amide bonds. The van der Waals surface area contributed by atoms with Crippen molar-refractivity contribution in [1.29, 1.82) is 0 Å². The maximum absolute atomic E-state index is 5.49. The standard InChI is InChI=1S/C10H13BrN2S/c1-2-3-4-5-8(13-12)9-6-7-10(11)14-9/h6-8,13H,4-5,12H2,1H3. The molecule has 76 valence electrons. The molecule has 1 atom stereocenters. The van der Waals surface area contributed by atoms with Gasteiger partial charge in [-0.25, -0.2) is 0 Å². The zero-order valence-electron chi connectivity index (χ0n) is 8.01. The van der Waals surface area contributed by atoms with Gasteiger partial charge in [-0.3, -0.25) is 11.3 Å². The number of nitrogens with one attached hydrogen (secondary N) is 1. The Hall–Kier alpha value is -0.340. The van der Waals surface area contributed by atoms with E-state index in [-0.39, 0.29) is 6.04 Å². The van der Waals surface area contributed by atoms with Crippen molar-refractivity contribution < 1.29 is 0 Å². The van der Waals surface area contributed by atoms with Crippen LogP contribution in [-0.2, 0) is 0 Å². The second-order valence-electron chi connectivity index (χ2n) is 2.83. The van der Waals surface area contributed by atoms with Gasteiger partial charge in [0.15, 0.2) is 0 Å². The average molecular weight is 273 g/mol. The van der Waals surface area contributed by atoms with Gasteiger partial charge < -0.3 is 0 Å². The second kappa shape index (κ2) is 6.20. The van der Waals surface area contributed by atoms with Crippen molar-refractivity contribution in [3.63, 3.8) is 0 Å². The van der Waals surface area contributed by atoms with Crippen LogP contribution in [-0.4, -0.2) is 0 Å². The summed E-state index contributed by atoms with van der Waals surface area (Å²) in [5.41, 5.74) is 2.81. The van der Waals surface area contributed by atoms with Gasteiger partial charge in [0.25, 0.3) is 0 Å². The van der Waals surface area contributed by atoms with Gasteiger partial charge in [-0.05, 0) is 41.4 Å². The van der Waals surface area contributed by atoms with E-state index in [0.29, 0.717) is 0 Å². The third kappa shape index (κ3) is 3.43. The Morgan fingerprint density at radius 1 is 1.64 bits per heavy atom. The average Bonchev–Trinajstić information content (AvgIpc) is 2.60. The van der Waals surface area contributed by atoms with Crippen LogP contribution in [0.15, 0.2) is 15.9 Å². The van der Waals surface area contributed by atoms with Crippen LogP contribution < -0.4 is 11.3 Å². The Bertz CT molecular complexity index is 337. The summed E-state index contributed by atoms with van der Waals surface area (Å²) in [4.78, 5) is 1.25. The Balaban J connectivity index is 2.56. The summed E-state index contributed by atoms with van der Waals surface area (Å²) in [5.74, 6) is 11.4. The van der Waals surface area contributed by atoms with Gasteiger partial charge >= 0.3 is 0 Å². The number of halogens is 1. The number of nitrogens with two attached hydrogens (primary N) is 1. The highest BCUT2D eigenvalue weighted by molar-refractivity contribution is 9.11. The lowest BCUT2D eigenvalue weighted by molar-refractivity contribution is 0.532. The molecule has 1 heterocycles. The molecule has 4 heteroatoms. The smallest absolute Gasteiger partial charge is 0.0702 e. The molecule has 1 unspecified atom stereocenters. The van der Waals surface area contributed by atoms with Crippen molar-refractivity contribution >= 4 is 27.3 Å². The minimum atomic E-state index is 0.215. The first kappa shape index (κ1) is 11.7. The summed E-state index contributed by atoms with van der Waals surface area (Å²) in [5, 5.41) is 0. The van der Waals surface area contributed by atoms with Crippen LogP contribution in [0.3, 0.4) is 0 Å². The SMILES string of the molecule is CC#CCCC(NN)c1ccc(Br)s1. The van der Waals surface area contributed by atoms with Crippen LogP contribution >= 0.6 is 27.3 Å². The number of hydrazine groups is 1. The van der Waals surface area contributed by atoms with Crippen LogP contribution in [0.25, 0.3) is 0 Å². The van der Waals surface area contributed by atoms with E-state index in [1.807, 2.05) is 13.0 Å². The third-order valence-electron chi connectivity index (χ3n) is 1.87. The van der Waals surface area contributed by atoms with Gasteiger partial charge in [0, 0.05) is 11.3 Å². The molecular formula is C10H13BrN2S. The predicted molar refractivity (Wildman–Crippen MR) is 64.8 cm³/mol. The Morgan fingerprint density at radius 3 is 2.93 bits per heavy atom. The van der Waals surface area contributed by atoms with Crippen molar-refractivity contribution in [2.45, 2.75) is 25.8 Å². The molecule has 0 aliphatic carbocycles. The minimum absolute atomic E-state index is 0.215. The summed E-state index contributed by atoms with van der Waals surface area (Å²) in [7, 11) is 0. The molecule has 0 saturated heterocycles. The van der Waals surface area contributed by atoms with Gasteiger partial charge in [-0.2, -0.15) is 0 Å². The van der Waals surface area contributed by atoms with Crippen molar-refractivity contribution in [3.8, 4) is 11.8 Å². The first-order valence-corrected chi connectivity index (χ1v) is 6.00. The van der Waals surface area contributed by atoms with Gasteiger partial charge in [0.05, 0.1) is 9.83 Å². The van der Waals surface area contributed by atoms with Gasteiger partial charge in [0.2, 0.25) is 0 Å². The summed E-state index contributed by atoms with van der Waals surface area (Å²) >= 11 is 5.14. The largest absolute Gasteiger partial charge is 0.271 e. The molecule has 1 aromatic heterocycles. The molecule has 1 rings (SSSR count). The van der Waals surface area contributed by atoms with Crippen molar-refractivity contribution in [2.75, 3.05) is 0 Å². The van der Waals surface area contributed by atoms with E-state index in [1.54, 1.807) is 11.3 Å². The summed E-state index contributed by atoms with van der Waals surface area (Å²) in [6.45, 7) is 1.85. The van der Waals surface area contributed by atoms with Gasteiger partial charge in [-0.1, -0.05) is 0 Å². The van der Waals surface area contributed by atoms with Crippen molar-refractivity contribution in [3.05, 3.63) is 20.8 Å². The lowest BCUT2D eigenvalue weighted by atomic mass is 10.1. The second-order valence-corrected chi connectivity index (χ2v) is 5.32. The molecule has 0 radical (unpaired) electrons. The first-order valence-electron chi connectivity index (χ1n) is 4.39. The zero-order valence-corrected chi connectivity index (χ0v) is 10.4. The molecule has 0 aliphatic rings. The van der Waals surface area contributed by atoms with Crippen LogP contribution in [0.5, 0.6) is 0 Å². The van der Waals surface area contributed by atoms with Crippen LogP contribution in [0.4, 0.5) is 0 Å². The Kier molecular flexibility index (Phi) is 5.20. The van der Waals surface area contributed by atoms with E-state index in [4.69, 9.17) is 5.84 Å². The van der Waals surface area contributed by atoms with Crippen molar-refractivity contribution in [2.24, 2.45) is 5.84 Å². The fraction of sp³-hybridized carbons (Fsp3) is 0.400. The minimum Gasteiger partial charge on any atom is -0.271 e. The Morgan fingerprint density at radius 2 is 2.43 bits per heavy atom. The van der Waals surface area contributed by atoms with E-state index in [9.17, 15) is 0 Å². The molecule has 0 aliphatic heterocycles. The fourth-order valence-corrected chi connectivity index (χ4v) is 2.68. The molecule has 2 nitrogen and oxygen atoms in total. The molecule has 0 spiro atoms. The monoisotopic (exact) mass is 272 g/mol. The highest BCUT2D eigenvalue weighted by atomic mass is 79.9. The first-order chi connectivity index (χ1) is 6.77. The molecule has 0 bridgehead atoms. The predicted octanol–water partition coefficient (Wildman–Crippen LogP) is 2.82. The Labute approximate surface area is 97.0 Å². The van der Waals surface area contributed by atoms with E-state index in [0.717, 1.165) is 16.6 Å². The fourth-order valence-electron chi connectivity index (χ4n) is 1.16. The van der Waals surface area contributed by atoms with Gasteiger partial charge in [0.1, 0.15) is 0 Å². The maximum Gasteiger partial charge on any atom is 0.0702 e. The number of hydrogen-bond acceptors (Lipinski definition) is 3. The lowest BCUT2D eigenvalue weighted by Crippen LogP contribution is -2.27. The normalized spacial score (nSPS) is 11.9.